The fourth-order valence-electron chi connectivity index (χ4n) is 10.2. The molecule has 0 unspecified atom stereocenters. The zero-order valence-electron chi connectivity index (χ0n) is 52.4. The number of nitrogens with one attached hydrogen (secondary N) is 6. The number of carbonyl (C=O) groups excluding carboxylic acids is 4. The fraction of sp³-hybridized carbons (Fsp3) is 0.551. The Labute approximate surface area is 559 Å². The Hall–Kier alpha value is -5.39. The number of aryl methyl sites for hydroxylation is 4. The molecule has 0 saturated carbocycles. The third-order valence-electron chi connectivity index (χ3n) is 15.0. The van der Waals surface area contributed by atoms with Gasteiger partial charge < -0.3 is 47.7 Å². The van der Waals surface area contributed by atoms with Gasteiger partial charge in [0, 0.05) is 177 Å². The Balaban J connectivity index is 0.000000375. The maximum atomic E-state index is 13.2. The second-order valence-electron chi connectivity index (χ2n) is 24.8. The Bertz CT molecular complexity index is 3240. The monoisotopic (exact) mass is 1250 g/mol. The molecule has 0 aliphatic carbocycles. The largest absolute Gasteiger partial charge is 0.481 e. The molecule has 451 valence electrons. The molecule has 2 aliphatic heterocycles. The van der Waals surface area contributed by atoms with E-state index in [1.54, 1.807) is 54.7 Å². The van der Waals surface area contributed by atoms with Crippen molar-refractivity contribution in [1.29, 1.82) is 0 Å². The fourth-order valence-corrected chi connectivity index (χ4v) is 12.4. The van der Waals surface area contributed by atoms with Crippen molar-refractivity contribution in [2.24, 2.45) is 17.3 Å². The highest BCUT2D eigenvalue weighted by Crippen LogP contribution is 2.31. The van der Waals surface area contributed by atoms with E-state index in [1.165, 1.54) is 22.7 Å². The van der Waals surface area contributed by atoms with E-state index >= 15 is 0 Å². The number of ketones is 1. The first kappa shape index (κ1) is 79.9. The van der Waals surface area contributed by atoms with Gasteiger partial charge in [0.25, 0.3) is 22.9 Å². The number of aromatic amines is 2. The topological polar surface area (TPSA) is 344 Å². The first-order chi connectivity index (χ1) is 41.8. The summed E-state index contributed by atoms with van der Waals surface area (Å²) in [5, 5.41) is 29.6. The van der Waals surface area contributed by atoms with Crippen LogP contribution in [0, 0.1) is 31.1 Å². The molecule has 91 heavy (non-hydrogen) atoms. The molecule has 0 spiro atoms. The average Bonchev–Trinajstić information content (AvgIpc) is 1.56. The number of fused-ring (bicyclic) bond motifs is 2. The minimum absolute atomic E-state index is 0. The molecule has 6 heterocycles. The van der Waals surface area contributed by atoms with Gasteiger partial charge in [-0.05, 0) is 121 Å². The highest BCUT2D eigenvalue weighted by atomic mass is 32.1. The van der Waals surface area contributed by atoms with Crippen molar-refractivity contribution in [2.45, 2.75) is 145 Å². The number of nitrogens with zero attached hydrogens (tertiary/aromatic N) is 2. The van der Waals surface area contributed by atoms with Crippen LogP contribution in [0.3, 0.4) is 0 Å². The molecular formula is C49H70B19N10O11S2. The van der Waals surface area contributed by atoms with Gasteiger partial charge in [0.05, 0.1) is 26.9 Å². The molecule has 21 radical (unpaired) electrons. The molecule has 4 aromatic heterocycles. The molecule has 2 aliphatic rings. The van der Waals surface area contributed by atoms with E-state index in [1.807, 2.05) is 19.9 Å². The van der Waals surface area contributed by atoms with Gasteiger partial charge in [-0.2, -0.15) is 9.97 Å². The first-order valence-electron chi connectivity index (χ1n) is 29.4. The van der Waals surface area contributed by atoms with Gasteiger partial charge in [-0.3, -0.25) is 43.5 Å². The summed E-state index contributed by atoms with van der Waals surface area (Å²) in [5.41, 5.74) is 12.6. The number of aliphatic carboxylic acids is 2. The number of amides is 2. The number of hydrogen-bond acceptors (Lipinski definition) is 17. The lowest BCUT2D eigenvalue weighted by atomic mass is 8.46. The number of nitrogens with two attached hydrogens (primary N) is 2. The molecular weight excluding hydrogens is 1170 g/mol. The number of carboxylic acids is 2. The second kappa shape index (κ2) is 35.8. The predicted octanol–water partition coefficient (Wildman–Crippen LogP) is -1.84. The van der Waals surface area contributed by atoms with Crippen molar-refractivity contribution in [3.63, 3.8) is 0 Å². The SMILES string of the molecule is C.Cc1cc(C(=O)N[C@@H](CCC(=O)O)C(=O)O)sc1CC[C@@H]1CNc2nc(N)[nH]c(=O)c2C1.Cc1cc(C(=O)N[C@@H](CCC(=O)OC(C)(C)C)C(=O)C(C)(C)C)sc1CC[C@@H]1CNc2nc(N)[nH]c(=O)c2C1.[B]B([B])B([B]B(B([B])[B])B(B([B])[B])B([B])[B])B([B])[B]. The molecule has 12 N–H and O–H groups in total. The highest BCUT2D eigenvalue weighted by Gasteiger charge is 2.38. The van der Waals surface area contributed by atoms with Crippen LogP contribution in [-0.2, 0) is 49.6 Å². The first-order valence-corrected chi connectivity index (χ1v) is 31.1. The summed E-state index contributed by atoms with van der Waals surface area (Å²) in [5.74, 6) is -2.11. The van der Waals surface area contributed by atoms with Gasteiger partial charge in [-0.15, -0.1) is 22.7 Å². The number of carbonyl (C=O) groups is 6. The van der Waals surface area contributed by atoms with Gasteiger partial charge in [0.15, 0.2) is 5.78 Å². The number of thiophene rings is 2. The number of H-pyrrole nitrogens is 2. The summed E-state index contributed by atoms with van der Waals surface area (Å²) < 4.78 is 5.38. The van der Waals surface area contributed by atoms with E-state index in [4.69, 9.17) is 98.7 Å². The van der Waals surface area contributed by atoms with Crippen molar-refractivity contribution in [1.82, 2.24) is 30.6 Å². The third-order valence-corrected chi connectivity index (χ3v) is 17.6. The van der Waals surface area contributed by atoms with Gasteiger partial charge >= 0.3 is 17.9 Å². The third kappa shape index (κ3) is 25.1. The smallest absolute Gasteiger partial charge is 0.326 e. The zero-order chi connectivity index (χ0) is 67.9. The van der Waals surface area contributed by atoms with Crippen LogP contribution >= 0.6 is 22.7 Å². The van der Waals surface area contributed by atoms with E-state index in [9.17, 15) is 43.5 Å². The van der Waals surface area contributed by atoms with Crippen molar-refractivity contribution in [3.05, 3.63) is 74.6 Å². The van der Waals surface area contributed by atoms with E-state index in [2.05, 4.69) is 41.2 Å². The number of aromatic nitrogens is 4. The van der Waals surface area contributed by atoms with Gasteiger partial charge in [0.2, 0.25) is 11.9 Å². The molecule has 6 rings (SSSR count). The lowest BCUT2D eigenvalue weighted by molar-refractivity contribution is -0.155. The number of hydrogen-bond donors (Lipinski definition) is 10. The second-order valence-corrected chi connectivity index (χ2v) is 27.1. The number of esters is 1. The van der Waals surface area contributed by atoms with Crippen LogP contribution in [0.25, 0.3) is 0 Å². The maximum absolute atomic E-state index is 13.2. The Morgan fingerprint density at radius 1 is 0.670 bits per heavy atom. The van der Waals surface area contributed by atoms with Crippen LogP contribution in [0.4, 0.5) is 23.5 Å². The molecule has 0 aromatic carbocycles. The van der Waals surface area contributed by atoms with Crippen molar-refractivity contribution < 1.29 is 43.7 Å². The van der Waals surface area contributed by atoms with Crippen LogP contribution in [-0.4, -0.2) is 232 Å². The van der Waals surface area contributed by atoms with Crippen LogP contribution < -0.4 is 43.9 Å². The number of anilines is 4. The van der Waals surface area contributed by atoms with Crippen molar-refractivity contribution in [3.8, 4) is 0 Å². The molecule has 0 saturated heterocycles. The summed E-state index contributed by atoms with van der Waals surface area (Å²) in [6, 6.07) is 1.48. The molecule has 4 atom stereocenters. The molecule has 2 amide bonds. The van der Waals surface area contributed by atoms with Crippen molar-refractivity contribution in [2.75, 3.05) is 35.2 Å². The Morgan fingerprint density at radius 2 is 1.08 bits per heavy atom. The molecule has 0 bridgehead atoms. The minimum atomic E-state index is -1.27. The number of carboxylic acid groups (broad SMARTS) is 2. The molecule has 42 heteroatoms. The summed E-state index contributed by atoms with van der Waals surface area (Å²) in [4.78, 5) is 114. The maximum Gasteiger partial charge on any atom is 0.326 e. The van der Waals surface area contributed by atoms with E-state index in [0.717, 1.165) is 40.1 Å². The number of nitrogen functional groups attached to an aromatic ring is 2. The average molecular weight is 1240 g/mol. The molecule has 0 fully saturated rings. The van der Waals surface area contributed by atoms with E-state index in [0.29, 0.717) is 64.9 Å². The highest BCUT2D eigenvalue weighted by molar-refractivity contribution is 8.12. The van der Waals surface area contributed by atoms with Gasteiger partial charge in [-0.25, -0.2) is 4.79 Å². The quantitative estimate of drug-likeness (QED) is 0.0244. The van der Waals surface area contributed by atoms with Gasteiger partial charge in [0.1, 0.15) is 23.3 Å². The normalized spacial score (nSPS) is 14.4. The van der Waals surface area contributed by atoms with Crippen molar-refractivity contribution >= 4 is 217 Å². The Kier molecular flexibility index (Phi) is 31.4. The Morgan fingerprint density at radius 3 is 1.44 bits per heavy atom. The number of Topliss-reactive ketones (excluding diaryl/α,β-unsaturated/α-hetero) is 1. The van der Waals surface area contributed by atoms with Crippen LogP contribution in [0.2, 0.25) is 0 Å². The summed E-state index contributed by atoms with van der Waals surface area (Å²) in [6.07, 6.45) is -1.64. The summed E-state index contributed by atoms with van der Waals surface area (Å²) in [7, 11) is 58.2. The summed E-state index contributed by atoms with van der Waals surface area (Å²) in [6.45, 7) is 16.0. The number of ether oxygens (including phenoxy) is 1. The molecule has 21 nitrogen and oxygen atoms in total. The minimum Gasteiger partial charge on any atom is -0.481 e. The van der Waals surface area contributed by atoms with E-state index in [-0.39, 0.29) is 79.7 Å². The zero-order valence-corrected chi connectivity index (χ0v) is 54.0. The lowest BCUT2D eigenvalue weighted by Crippen LogP contribution is -2.74. The molecule has 4 aromatic rings. The van der Waals surface area contributed by atoms with Gasteiger partial charge in [-0.1, -0.05) is 28.2 Å². The summed E-state index contributed by atoms with van der Waals surface area (Å²) >= 11 is 2.69. The van der Waals surface area contributed by atoms with Crippen LogP contribution in [0.5, 0.6) is 0 Å². The number of rotatable bonds is 26. The van der Waals surface area contributed by atoms with Crippen LogP contribution in [0.15, 0.2) is 21.7 Å². The predicted molar refractivity (Wildman–Crippen MR) is 387 cm³/mol. The van der Waals surface area contributed by atoms with E-state index < -0.39 is 98.0 Å². The standard InChI is InChI=1S/C28H41N5O5S.C20H25N5O6S.CH4.B19/c1-15-12-20(25(37)31-18(22(35)27(2,3)4)9-11-21(34)38-28(5,6)7)39-19(15)10-8-16-13-17-23(30-14-16)32-26(29)33-24(17)36;1-9-6-14(18(29)23-12(19(30)31)3-5-15(26)27)32-13(9)4-2-10-7-11-16(22-8-10)24-20(21)25-17(11)28;;1-12(2)17(13(3)4)11-18(14(5)6)19(15(7)8)16(9)10/h12,16,18H,8-11,13-14H2,1-7H3,(H,31,37)(H4,29,30,32,33,36);6,10,12H,2-5,7-8H2,1H3,(H,23,29)(H,26,27)(H,30,31)(H4,21,22,24,25,28);1H4;/t16-,18-;10-,12-;;/m00../s1. The van der Waals surface area contributed by atoms with Crippen LogP contribution in [0.1, 0.15) is 139 Å². The lowest BCUT2D eigenvalue weighted by Gasteiger charge is -2.35.